The number of hydrogen-bond donors (Lipinski definition) is 6. The van der Waals surface area contributed by atoms with Crippen LogP contribution in [0.1, 0.15) is 113 Å². The number of esters is 1. The molecule has 390 valence electrons. The first-order valence-corrected chi connectivity index (χ1v) is 24.4. The van der Waals surface area contributed by atoms with Crippen LogP contribution in [-0.2, 0) is 44.4 Å². The number of non-ortho nitro benzene ring substituents is 1. The maximum Gasteiger partial charge on any atom is 0.311 e. The summed E-state index contributed by atoms with van der Waals surface area (Å²) in [4.78, 5) is 42.0. The highest BCUT2D eigenvalue weighted by Gasteiger charge is 2.52. The number of nitrogens with one attached hydrogen (secondary N) is 1. The Balaban J connectivity index is 1.65. The van der Waals surface area contributed by atoms with Crippen LogP contribution in [0.3, 0.4) is 0 Å². The SMILES string of the molecule is CC[C@H]1OC(=O)[C@H](C)[C@@H](O[C@H]2C[C@@](C)(OC)C[C@H](C)O2)[C@H](C)[C@@H](O[C@@H]2O[C@H](C)C[C@H](N(C)CCC(=O)N[C@H](CO)Cc3ccc([N+](=O)[O-])cc3)[C@H]2O)[C@](C)(O)C[C@@H](C)CN(C)[C@H](C)[C@@H](O)[C@]1(C)O. The summed E-state index contributed by atoms with van der Waals surface area (Å²) < 4.78 is 38.4. The van der Waals surface area contributed by atoms with Crippen LogP contribution < -0.4 is 5.32 Å². The molecule has 3 aliphatic rings. The molecule has 0 bridgehead atoms. The van der Waals surface area contributed by atoms with Crippen LogP contribution >= 0.6 is 0 Å². The Bertz CT molecular complexity index is 1770. The van der Waals surface area contributed by atoms with E-state index in [1.165, 1.54) is 19.1 Å². The van der Waals surface area contributed by atoms with Gasteiger partial charge in [-0.05, 0) is 99.7 Å². The average Bonchev–Trinajstić information content (AvgIpc) is 3.27. The van der Waals surface area contributed by atoms with Gasteiger partial charge < -0.3 is 69.1 Å². The number of methoxy groups -OCH3 is 1. The number of nitro groups is 1. The van der Waals surface area contributed by atoms with E-state index in [0.29, 0.717) is 31.4 Å². The van der Waals surface area contributed by atoms with E-state index in [2.05, 4.69) is 5.32 Å². The van der Waals surface area contributed by atoms with Gasteiger partial charge in [-0.25, -0.2) is 0 Å². The van der Waals surface area contributed by atoms with Gasteiger partial charge >= 0.3 is 5.97 Å². The number of aliphatic hydroxyl groups excluding tert-OH is 3. The molecule has 3 heterocycles. The van der Waals surface area contributed by atoms with Gasteiger partial charge in [0.1, 0.15) is 23.9 Å². The molecule has 1 aromatic rings. The summed E-state index contributed by atoms with van der Waals surface area (Å²) >= 11 is 0. The maximum atomic E-state index is 14.4. The van der Waals surface area contributed by atoms with Crippen molar-refractivity contribution in [2.45, 2.75) is 204 Å². The number of cyclic esters (lactones) is 1. The van der Waals surface area contributed by atoms with E-state index in [1.807, 2.05) is 51.5 Å². The van der Waals surface area contributed by atoms with Crippen LogP contribution in [-0.4, -0.2) is 183 Å². The van der Waals surface area contributed by atoms with Crippen molar-refractivity contribution in [2.75, 3.05) is 40.9 Å². The molecule has 3 saturated heterocycles. The van der Waals surface area contributed by atoms with Gasteiger partial charge in [0, 0.05) is 69.6 Å². The van der Waals surface area contributed by atoms with Crippen molar-refractivity contribution >= 4 is 17.6 Å². The molecular formula is C49H84N4O15. The van der Waals surface area contributed by atoms with Gasteiger partial charge in [-0.1, -0.05) is 32.9 Å². The highest BCUT2D eigenvalue weighted by molar-refractivity contribution is 5.76. The predicted molar refractivity (Wildman–Crippen MR) is 252 cm³/mol. The summed E-state index contributed by atoms with van der Waals surface area (Å²) in [6.45, 7) is 18.1. The minimum Gasteiger partial charge on any atom is -0.459 e. The van der Waals surface area contributed by atoms with Crippen molar-refractivity contribution in [2.24, 2.45) is 17.8 Å². The molecule has 18 atom stereocenters. The molecule has 19 heteroatoms. The zero-order valence-electron chi connectivity index (χ0n) is 42.7. The van der Waals surface area contributed by atoms with Crippen molar-refractivity contribution < 1.29 is 68.5 Å². The maximum absolute atomic E-state index is 14.4. The number of rotatable bonds is 15. The highest BCUT2D eigenvalue weighted by Crippen LogP contribution is 2.40. The molecule has 1 amide bonds. The highest BCUT2D eigenvalue weighted by atomic mass is 16.7. The Kier molecular flexibility index (Phi) is 20.7. The lowest BCUT2D eigenvalue weighted by Gasteiger charge is -2.48. The fourth-order valence-corrected chi connectivity index (χ4v) is 10.7. The quantitative estimate of drug-likeness (QED) is 0.0838. The summed E-state index contributed by atoms with van der Waals surface area (Å²) in [5.74, 6) is -3.08. The van der Waals surface area contributed by atoms with E-state index in [1.54, 1.807) is 54.0 Å². The number of ether oxygens (including phenoxy) is 6. The van der Waals surface area contributed by atoms with Crippen molar-refractivity contribution in [1.29, 1.82) is 0 Å². The van der Waals surface area contributed by atoms with Crippen molar-refractivity contribution in [3.63, 3.8) is 0 Å². The molecule has 0 radical (unpaired) electrons. The first-order chi connectivity index (χ1) is 31.7. The molecule has 0 saturated carbocycles. The summed E-state index contributed by atoms with van der Waals surface area (Å²) in [6.07, 6.45) is -6.70. The minimum atomic E-state index is -1.83. The number of benzene rings is 1. The van der Waals surface area contributed by atoms with Gasteiger partial charge in [0.15, 0.2) is 12.6 Å². The van der Waals surface area contributed by atoms with Crippen LogP contribution in [0, 0.1) is 27.9 Å². The monoisotopic (exact) mass is 969 g/mol. The number of carbonyl (C=O) groups is 2. The third-order valence-corrected chi connectivity index (χ3v) is 14.7. The number of hydrogen-bond acceptors (Lipinski definition) is 17. The van der Waals surface area contributed by atoms with Gasteiger partial charge in [-0.15, -0.1) is 0 Å². The zero-order chi connectivity index (χ0) is 51.1. The smallest absolute Gasteiger partial charge is 0.311 e. The van der Waals surface area contributed by atoms with Crippen LogP contribution in [0.15, 0.2) is 24.3 Å². The van der Waals surface area contributed by atoms with Crippen LogP contribution in [0.4, 0.5) is 5.69 Å². The number of carbonyl (C=O) groups excluding carboxylic acids is 2. The van der Waals surface area contributed by atoms with Crippen LogP contribution in [0.2, 0.25) is 0 Å². The fraction of sp³-hybridized carbons (Fsp3) is 0.837. The Morgan fingerprint density at radius 3 is 2.25 bits per heavy atom. The van der Waals surface area contributed by atoms with Gasteiger partial charge in [0.25, 0.3) is 5.69 Å². The Morgan fingerprint density at radius 1 is 1.01 bits per heavy atom. The van der Waals surface area contributed by atoms with E-state index >= 15 is 0 Å². The van der Waals surface area contributed by atoms with Crippen molar-refractivity contribution in [3.05, 3.63) is 39.9 Å². The second kappa shape index (κ2) is 24.5. The lowest BCUT2D eigenvalue weighted by Crippen LogP contribution is -2.60. The van der Waals surface area contributed by atoms with Gasteiger partial charge in [-0.3, -0.25) is 19.7 Å². The zero-order valence-corrected chi connectivity index (χ0v) is 42.7. The third-order valence-electron chi connectivity index (χ3n) is 14.7. The predicted octanol–water partition coefficient (Wildman–Crippen LogP) is 3.32. The molecule has 3 fully saturated rings. The van der Waals surface area contributed by atoms with Crippen molar-refractivity contribution in [3.8, 4) is 0 Å². The fourth-order valence-electron chi connectivity index (χ4n) is 10.7. The van der Waals surface area contributed by atoms with E-state index in [0.717, 1.165) is 0 Å². The van der Waals surface area contributed by atoms with Gasteiger partial charge in [0.2, 0.25) is 5.91 Å². The van der Waals surface area contributed by atoms with Gasteiger partial charge in [0.05, 0.1) is 59.1 Å². The van der Waals surface area contributed by atoms with E-state index < -0.39 is 107 Å². The molecular weight excluding hydrogens is 885 g/mol. The molecule has 0 unspecified atom stereocenters. The standard InChI is InChI=1S/C49H84N4O15/c1-14-38-49(10,60)43(57)33(7)52(12)26-28(2)23-48(9,59)44(31(5)42(32(6)45(58)66-38)67-40-25-47(8,63-13)24-30(4)64-40)68-46-41(56)37(21-29(3)65-46)51(11)20-19-39(55)50-35(27-54)22-34-15-17-36(18-16-34)53(61)62/h15-18,28-33,35,37-38,40-44,46,54,56-57,59-60H,14,19-27H2,1-13H3,(H,50,55)/t28-,29-,30+,31+,32-,33-,35+,37+,38-,40+,41-,42+,43-,44-,46+,47+,48-,49-/m1/s1. The molecule has 0 aromatic heterocycles. The summed E-state index contributed by atoms with van der Waals surface area (Å²) in [5, 5.41) is 72.3. The molecule has 68 heavy (non-hydrogen) atoms. The second-order valence-electron chi connectivity index (χ2n) is 21.0. The first-order valence-electron chi connectivity index (χ1n) is 24.4. The summed E-state index contributed by atoms with van der Waals surface area (Å²) in [5.41, 5.74) is -3.43. The molecule has 0 spiro atoms. The van der Waals surface area contributed by atoms with Crippen LogP contribution in [0.5, 0.6) is 0 Å². The van der Waals surface area contributed by atoms with Crippen molar-refractivity contribution in [1.82, 2.24) is 15.1 Å². The summed E-state index contributed by atoms with van der Waals surface area (Å²) in [6, 6.07) is 4.15. The topological polar surface area (TPSA) is 252 Å². The number of amides is 1. The molecule has 6 N–H and O–H groups in total. The normalized spacial score (nSPS) is 39.9. The Labute approximate surface area is 403 Å². The molecule has 4 rings (SSSR count). The lowest BCUT2D eigenvalue weighted by atomic mass is 9.77. The van der Waals surface area contributed by atoms with Crippen LogP contribution in [0.25, 0.3) is 0 Å². The first kappa shape index (κ1) is 57.7. The molecule has 1 aromatic carbocycles. The summed E-state index contributed by atoms with van der Waals surface area (Å²) in [7, 11) is 5.23. The van der Waals surface area contributed by atoms with Gasteiger partial charge in [-0.2, -0.15) is 0 Å². The Morgan fingerprint density at radius 2 is 1.66 bits per heavy atom. The second-order valence-corrected chi connectivity index (χ2v) is 21.0. The lowest BCUT2D eigenvalue weighted by molar-refractivity contribution is -0.384. The van der Waals surface area contributed by atoms with E-state index in [4.69, 9.17) is 28.4 Å². The average molecular weight is 969 g/mol. The molecule has 3 aliphatic heterocycles. The minimum absolute atomic E-state index is 0.0267. The third kappa shape index (κ3) is 14.8. The molecule has 0 aliphatic carbocycles. The largest absolute Gasteiger partial charge is 0.459 e. The number of likely N-dealkylation sites (N-methyl/N-ethyl adjacent to an activating group) is 2. The van der Waals surface area contributed by atoms with E-state index in [9.17, 15) is 45.2 Å². The Hall–Kier alpha value is -2.92. The number of nitro benzene ring substituents is 1. The number of aliphatic hydroxyl groups is 5. The van der Waals surface area contributed by atoms with E-state index in [-0.39, 0.29) is 62.5 Å². The number of nitrogens with zero attached hydrogens (tertiary/aromatic N) is 3. The molecule has 19 nitrogen and oxygen atoms in total.